The molecule has 1 N–H and O–H groups in total. The Morgan fingerprint density at radius 3 is 2.93 bits per heavy atom. The van der Waals surface area contributed by atoms with E-state index in [2.05, 4.69) is 31.0 Å². The molecule has 0 aromatic carbocycles. The van der Waals surface area contributed by atoms with Gasteiger partial charge in [-0.15, -0.1) is 0 Å². The van der Waals surface area contributed by atoms with Crippen LogP contribution in [0.1, 0.15) is 27.2 Å². The first-order valence-electron chi connectivity index (χ1n) is 6.30. The Morgan fingerprint density at radius 2 is 2.27 bits per heavy atom. The lowest BCUT2D eigenvalue weighted by molar-refractivity contribution is 0.0506. The van der Waals surface area contributed by atoms with E-state index < -0.39 is 0 Å². The number of hydrogen-bond donors (Lipinski definition) is 1. The number of nitrogens with one attached hydrogen (secondary N) is 1. The van der Waals surface area contributed by atoms with Gasteiger partial charge < -0.3 is 15.0 Å². The van der Waals surface area contributed by atoms with E-state index in [0.29, 0.717) is 6.10 Å². The Labute approximate surface area is 94.2 Å². The fourth-order valence-corrected chi connectivity index (χ4v) is 2.29. The average Bonchev–Trinajstić information content (AvgIpc) is 2.63. The molecule has 1 rings (SSSR count). The van der Waals surface area contributed by atoms with Crippen molar-refractivity contribution in [3.05, 3.63) is 0 Å². The van der Waals surface area contributed by atoms with Crippen LogP contribution in [0.15, 0.2) is 0 Å². The van der Waals surface area contributed by atoms with Crippen LogP contribution in [0.2, 0.25) is 0 Å². The highest BCUT2D eigenvalue weighted by Gasteiger charge is 2.22. The summed E-state index contributed by atoms with van der Waals surface area (Å²) < 4.78 is 5.56. The van der Waals surface area contributed by atoms with E-state index in [1.54, 1.807) is 0 Å². The van der Waals surface area contributed by atoms with Crippen LogP contribution in [0, 0.1) is 5.92 Å². The van der Waals surface area contributed by atoms with E-state index in [-0.39, 0.29) is 0 Å². The van der Waals surface area contributed by atoms with Gasteiger partial charge in [0, 0.05) is 19.7 Å². The van der Waals surface area contributed by atoms with Crippen molar-refractivity contribution in [1.29, 1.82) is 0 Å². The fourth-order valence-electron chi connectivity index (χ4n) is 2.29. The summed E-state index contributed by atoms with van der Waals surface area (Å²) >= 11 is 0. The standard InChI is InChI=1S/C12H26N2O/c1-4-13-8-12-6-7-14(10-12)9-11(3)15-5-2/h11-13H,4-10H2,1-3H3. The Kier molecular flexibility index (Phi) is 6.22. The molecule has 1 aliphatic heterocycles. The monoisotopic (exact) mass is 214 g/mol. The second-order valence-electron chi connectivity index (χ2n) is 4.49. The molecule has 1 heterocycles. The molecule has 0 aromatic heterocycles. The van der Waals surface area contributed by atoms with Crippen molar-refractivity contribution in [3.63, 3.8) is 0 Å². The van der Waals surface area contributed by atoms with Crippen LogP contribution in [0.5, 0.6) is 0 Å². The lowest BCUT2D eigenvalue weighted by atomic mass is 10.1. The topological polar surface area (TPSA) is 24.5 Å². The smallest absolute Gasteiger partial charge is 0.0673 e. The molecule has 0 aromatic rings. The van der Waals surface area contributed by atoms with Crippen molar-refractivity contribution in [2.24, 2.45) is 5.92 Å². The first-order chi connectivity index (χ1) is 7.26. The van der Waals surface area contributed by atoms with E-state index in [1.807, 2.05) is 0 Å². The Bertz CT molecular complexity index is 164. The lowest BCUT2D eigenvalue weighted by Gasteiger charge is -2.20. The lowest BCUT2D eigenvalue weighted by Crippen LogP contribution is -2.32. The third-order valence-electron chi connectivity index (χ3n) is 3.02. The van der Waals surface area contributed by atoms with Gasteiger partial charge in [0.05, 0.1) is 6.10 Å². The maximum atomic E-state index is 5.56. The summed E-state index contributed by atoms with van der Waals surface area (Å²) in [5, 5.41) is 3.43. The van der Waals surface area contributed by atoms with Gasteiger partial charge in [-0.05, 0) is 45.8 Å². The SMILES string of the molecule is CCNCC1CCN(CC(C)OCC)C1. The second-order valence-corrected chi connectivity index (χ2v) is 4.49. The van der Waals surface area contributed by atoms with E-state index in [9.17, 15) is 0 Å². The first kappa shape index (κ1) is 12.9. The maximum Gasteiger partial charge on any atom is 0.0673 e. The van der Waals surface area contributed by atoms with Gasteiger partial charge in [0.25, 0.3) is 0 Å². The van der Waals surface area contributed by atoms with Crippen LogP contribution in [0.3, 0.4) is 0 Å². The van der Waals surface area contributed by atoms with Crippen LogP contribution >= 0.6 is 0 Å². The molecule has 0 bridgehead atoms. The zero-order valence-corrected chi connectivity index (χ0v) is 10.5. The molecule has 2 atom stereocenters. The zero-order chi connectivity index (χ0) is 11.1. The molecule has 0 amide bonds. The number of ether oxygens (including phenoxy) is 1. The van der Waals surface area contributed by atoms with Crippen molar-refractivity contribution in [2.45, 2.75) is 33.3 Å². The van der Waals surface area contributed by atoms with E-state index >= 15 is 0 Å². The molecule has 1 aliphatic rings. The van der Waals surface area contributed by atoms with Gasteiger partial charge in [-0.25, -0.2) is 0 Å². The molecular formula is C12H26N2O. The van der Waals surface area contributed by atoms with Crippen LogP contribution < -0.4 is 5.32 Å². The van der Waals surface area contributed by atoms with E-state index in [0.717, 1.165) is 25.6 Å². The number of hydrogen-bond acceptors (Lipinski definition) is 3. The van der Waals surface area contributed by atoms with Crippen molar-refractivity contribution in [1.82, 2.24) is 10.2 Å². The van der Waals surface area contributed by atoms with Crippen molar-refractivity contribution < 1.29 is 4.74 Å². The van der Waals surface area contributed by atoms with Gasteiger partial charge in [-0.1, -0.05) is 6.92 Å². The quantitative estimate of drug-likeness (QED) is 0.692. The highest BCUT2D eigenvalue weighted by Crippen LogP contribution is 2.15. The fraction of sp³-hybridized carbons (Fsp3) is 1.00. The van der Waals surface area contributed by atoms with Gasteiger partial charge in [-0.3, -0.25) is 0 Å². The largest absolute Gasteiger partial charge is 0.377 e. The second kappa shape index (κ2) is 7.20. The molecule has 90 valence electrons. The molecule has 3 nitrogen and oxygen atoms in total. The van der Waals surface area contributed by atoms with Crippen LogP contribution in [0.25, 0.3) is 0 Å². The minimum atomic E-state index is 0.382. The summed E-state index contributed by atoms with van der Waals surface area (Å²) in [6, 6.07) is 0. The third kappa shape index (κ3) is 4.96. The molecule has 2 unspecified atom stereocenters. The van der Waals surface area contributed by atoms with Crippen LogP contribution in [-0.4, -0.2) is 50.3 Å². The molecule has 0 spiro atoms. The van der Waals surface area contributed by atoms with Gasteiger partial charge >= 0.3 is 0 Å². The minimum absolute atomic E-state index is 0.382. The van der Waals surface area contributed by atoms with E-state index in [4.69, 9.17) is 4.74 Å². The first-order valence-corrected chi connectivity index (χ1v) is 6.30. The molecule has 1 saturated heterocycles. The number of nitrogens with zero attached hydrogens (tertiary/aromatic N) is 1. The molecular weight excluding hydrogens is 188 g/mol. The summed E-state index contributed by atoms with van der Waals surface area (Å²) in [5.74, 6) is 0.846. The Hall–Kier alpha value is -0.120. The Morgan fingerprint density at radius 1 is 1.47 bits per heavy atom. The van der Waals surface area contributed by atoms with Gasteiger partial charge in [0.1, 0.15) is 0 Å². The number of rotatable bonds is 7. The number of likely N-dealkylation sites (tertiary alicyclic amines) is 1. The Balaban J connectivity index is 2.12. The van der Waals surface area contributed by atoms with Gasteiger partial charge in [-0.2, -0.15) is 0 Å². The molecule has 1 fully saturated rings. The van der Waals surface area contributed by atoms with Crippen molar-refractivity contribution in [2.75, 3.05) is 39.3 Å². The zero-order valence-electron chi connectivity index (χ0n) is 10.5. The van der Waals surface area contributed by atoms with E-state index in [1.165, 1.54) is 26.1 Å². The molecule has 0 radical (unpaired) electrons. The van der Waals surface area contributed by atoms with Crippen molar-refractivity contribution >= 4 is 0 Å². The summed E-state index contributed by atoms with van der Waals surface area (Å²) in [5.41, 5.74) is 0. The average molecular weight is 214 g/mol. The maximum absolute atomic E-state index is 5.56. The summed E-state index contributed by atoms with van der Waals surface area (Å²) in [6.07, 6.45) is 1.72. The third-order valence-corrected chi connectivity index (χ3v) is 3.02. The highest BCUT2D eigenvalue weighted by atomic mass is 16.5. The molecule has 15 heavy (non-hydrogen) atoms. The molecule has 0 aliphatic carbocycles. The van der Waals surface area contributed by atoms with Gasteiger partial charge in [0.2, 0.25) is 0 Å². The molecule has 0 saturated carbocycles. The molecule has 3 heteroatoms. The summed E-state index contributed by atoms with van der Waals surface area (Å²) in [6.45, 7) is 13.1. The van der Waals surface area contributed by atoms with Crippen LogP contribution in [0.4, 0.5) is 0 Å². The minimum Gasteiger partial charge on any atom is -0.377 e. The van der Waals surface area contributed by atoms with Crippen LogP contribution in [-0.2, 0) is 4.74 Å². The normalized spacial score (nSPS) is 24.6. The predicted octanol–water partition coefficient (Wildman–Crippen LogP) is 1.34. The predicted molar refractivity (Wildman–Crippen MR) is 64.2 cm³/mol. The summed E-state index contributed by atoms with van der Waals surface area (Å²) in [7, 11) is 0. The highest BCUT2D eigenvalue weighted by molar-refractivity contribution is 4.78. The summed E-state index contributed by atoms with van der Waals surface area (Å²) in [4.78, 5) is 2.53. The van der Waals surface area contributed by atoms with Crippen molar-refractivity contribution in [3.8, 4) is 0 Å². The van der Waals surface area contributed by atoms with Gasteiger partial charge in [0.15, 0.2) is 0 Å².